The summed E-state index contributed by atoms with van der Waals surface area (Å²) in [7, 11) is 1.37. The molecule has 19 heavy (non-hydrogen) atoms. The summed E-state index contributed by atoms with van der Waals surface area (Å²) in [5.41, 5.74) is 0. The highest BCUT2D eigenvalue weighted by molar-refractivity contribution is 9.11. The predicted molar refractivity (Wildman–Crippen MR) is 83.2 cm³/mol. The maximum absolute atomic E-state index is 11.9. The number of thioether (sulfide) groups is 1. The third kappa shape index (κ3) is 5.64. The number of nitrogens with one attached hydrogen (secondary N) is 1. The molecule has 0 radical (unpaired) electrons. The number of esters is 1. The Morgan fingerprint density at radius 2 is 2.26 bits per heavy atom. The molecule has 1 N–H and O–H groups in total. The highest BCUT2D eigenvalue weighted by Crippen LogP contribution is 2.22. The Morgan fingerprint density at radius 3 is 2.79 bits per heavy atom. The summed E-state index contributed by atoms with van der Waals surface area (Å²) >= 11 is 6.31. The fraction of sp³-hybridized carbons (Fsp3) is 0.500. The van der Waals surface area contributed by atoms with E-state index >= 15 is 0 Å². The molecule has 7 heteroatoms. The molecule has 4 nitrogen and oxygen atoms in total. The average Bonchev–Trinajstić information content (AvgIpc) is 2.83. The van der Waals surface area contributed by atoms with Crippen molar-refractivity contribution in [3.8, 4) is 0 Å². The average molecular weight is 366 g/mol. The van der Waals surface area contributed by atoms with Gasteiger partial charge < -0.3 is 10.1 Å². The fourth-order valence-corrected chi connectivity index (χ4v) is 3.41. The Balaban J connectivity index is 2.39. The summed E-state index contributed by atoms with van der Waals surface area (Å²) in [6.07, 6.45) is 2.29. The highest BCUT2D eigenvalue weighted by Gasteiger charge is 2.18. The lowest BCUT2D eigenvalue weighted by molar-refractivity contribution is -0.142. The second-order valence-corrected chi connectivity index (χ2v) is 7.14. The van der Waals surface area contributed by atoms with Crippen molar-refractivity contribution in [3.05, 3.63) is 20.8 Å². The van der Waals surface area contributed by atoms with Gasteiger partial charge in [-0.1, -0.05) is 0 Å². The van der Waals surface area contributed by atoms with E-state index in [1.165, 1.54) is 18.4 Å². The van der Waals surface area contributed by atoms with Gasteiger partial charge in [0.2, 0.25) is 0 Å². The Kier molecular flexibility index (Phi) is 7.67. The SMILES string of the molecule is COC(=O)C(CSC)NCCC(=O)c1ccc(Br)s1. The van der Waals surface area contributed by atoms with E-state index < -0.39 is 0 Å². The van der Waals surface area contributed by atoms with Crippen LogP contribution in [-0.4, -0.2) is 43.5 Å². The van der Waals surface area contributed by atoms with Gasteiger partial charge in [-0.25, -0.2) is 0 Å². The predicted octanol–water partition coefficient (Wildman–Crippen LogP) is 2.58. The normalized spacial score (nSPS) is 12.2. The van der Waals surface area contributed by atoms with Crippen LogP contribution in [0.5, 0.6) is 0 Å². The van der Waals surface area contributed by atoms with E-state index in [2.05, 4.69) is 21.2 Å². The summed E-state index contributed by atoms with van der Waals surface area (Å²) in [6.45, 7) is 0.467. The summed E-state index contributed by atoms with van der Waals surface area (Å²) in [6, 6.07) is 3.30. The number of hydrogen-bond donors (Lipinski definition) is 1. The summed E-state index contributed by atoms with van der Waals surface area (Å²) in [5.74, 6) is 0.419. The lowest BCUT2D eigenvalue weighted by Crippen LogP contribution is -2.40. The Bertz CT molecular complexity index is 436. The third-order valence-corrected chi connectivity index (χ3v) is 4.74. The number of thiophene rings is 1. The van der Waals surface area contributed by atoms with E-state index in [0.29, 0.717) is 18.7 Å². The van der Waals surface area contributed by atoms with Crippen molar-refractivity contribution in [1.82, 2.24) is 5.32 Å². The number of halogens is 1. The van der Waals surface area contributed by atoms with Gasteiger partial charge in [0.15, 0.2) is 5.78 Å². The molecule has 0 saturated carbocycles. The minimum atomic E-state index is -0.358. The number of carbonyl (C=O) groups is 2. The van der Waals surface area contributed by atoms with E-state index in [-0.39, 0.29) is 17.8 Å². The van der Waals surface area contributed by atoms with Crippen LogP contribution in [0.1, 0.15) is 16.1 Å². The van der Waals surface area contributed by atoms with Crippen LogP contribution in [-0.2, 0) is 9.53 Å². The molecule has 0 bridgehead atoms. The van der Waals surface area contributed by atoms with E-state index in [1.807, 2.05) is 12.3 Å². The topological polar surface area (TPSA) is 55.4 Å². The molecule has 0 fully saturated rings. The van der Waals surface area contributed by atoms with Gasteiger partial charge in [-0.05, 0) is 34.3 Å². The van der Waals surface area contributed by atoms with Gasteiger partial charge in [-0.3, -0.25) is 9.59 Å². The van der Waals surface area contributed by atoms with Crippen LogP contribution in [0.2, 0.25) is 0 Å². The first-order valence-corrected chi connectivity index (χ1v) is 8.67. The Morgan fingerprint density at radius 1 is 1.53 bits per heavy atom. The van der Waals surface area contributed by atoms with Gasteiger partial charge in [0.1, 0.15) is 6.04 Å². The molecule has 0 spiro atoms. The van der Waals surface area contributed by atoms with Crippen molar-refractivity contribution in [2.24, 2.45) is 0 Å². The smallest absolute Gasteiger partial charge is 0.323 e. The van der Waals surface area contributed by atoms with Crippen LogP contribution in [0.25, 0.3) is 0 Å². The summed E-state index contributed by atoms with van der Waals surface area (Å²) in [5, 5.41) is 3.06. The molecule has 1 rings (SSSR count). The van der Waals surface area contributed by atoms with E-state index in [9.17, 15) is 9.59 Å². The fourth-order valence-electron chi connectivity index (χ4n) is 1.47. The monoisotopic (exact) mass is 365 g/mol. The quantitative estimate of drug-likeness (QED) is 0.566. The van der Waals surface area contributed by atoms with Crippen molar-refractivity contribution in [3.63, 3.8) is 0 Å². The molecule has 0 aromatic carbocycles. The van der Waals surface area contributed by atoms with Crippen LogP contribution in [0.4, 0.5) is 0 Å². The number of ether oxygens (including phenoxy) is 1. The number of carbonyl (C=O) groups excluding carboxylic acids is 2. The second kappa shape index (κ2) is 8.73. The number of Topliss-reactive ketones (excluding diaryl/α,β-unsaturated/α-hetero) is 1. The zero-order chi connectivity index (χ0) is 14.3. The highest BCUT2D eigenvalue weighted by atomic mass is 79.9. The lowest BCUT2D eigenvalue weighted by atomic mass is 10.2. The van der Waals surface area contributed by atoms with Gasteiger partial charge in [0.25, 0.3) is 0 Å². The van der Waals surface area contributed by atoms with E-state index in [4.69, 9.17) is 4.74 Å². The molecule has 1 aromatic rings. The van der Waals surface area contributed by atoms with Gasteiger partial charge in [-0.2, -0.15) is 11.8 Å². The molecular formula is C12H16BrNO3S2. The van der Waals surface area contributed by atoms with Crippen LogP contribution in [0.3, 0.4) is 0 Å². The molecule has 1 aromatic heterocycles. The van der Waals surface area contributed by atoms with Crippen LogP contribution >= 0.6 is 39.0 Å². The van der Waals surface area contributed by atoms with Crippen molar-refractivity contribution in [2.45, 2.75) is 12.5 Å². The Hall–Kier alpha value is -0.370. The van der Waals surface area contributed by atoms with Crippen LogP contribution < -0.4 is 5.32 Å². The van der Waals surface area contributed by atoms with Gasteiger partial charge >= 0.3 is 5.97 Å². The molecular weight excluding hydrogens is 350 g/mol. The maximum Gasteiger partial charge on any atom is 0.323 e. The molecule has 1 heterocycles. The zero-order valence-electron chi connectivity index (χ0n) is 10.8. The molecule has 1 atom stereocenters. The molecule has 106 valence electrons. The maximum atomic E-state index is 11.9. The Labute approximate surface area is 129 Å². The van der Waals surface area contributed by atoms with Gasteiger partial charge in [0, 0.05) is 18.7 Å². The first-order chi connectivity index (χ1) is 9.08. The summed E-state index contributed by atoms with van der Waals surface area (Å²) in [4.78, 5) is 24.1. The van der Waals surface area contributed by atoms with Crippen molar-refractivity contribution >= 4 is 50.8 Å². The van der Waals surface area contributed by atoms with Gasteiger partial charge in [-0.15, -0.1) is 11.3 Å². The second-order valence-electron chi connectivity index (χ2n) is 3.76. The van der Waals surface area contributed by atoms with Gasteiger partial charge in [0.05, 0.1) is 15.8 Å². The summed E-state index contributed by atoms with van der Waals surface area (Å²) < 4.78 is 5.65. The van der Waals surface area contributed by atoms with Crippen LogP contribution in [0, 0.1) is 0 Å². The van der Waals surface area contributed by atoms with Crippen LogP contribution in [0.15, 0.2) is 15.9 Å². The minimum absolute atomic E-state index is 0.0796. The van der Waals surface area contributed by atoms with Crippen molar-refractivity contribution < 1.29 is 14.3 Å². The van der Waals surface area contributed by atoms with Crippen molar-refractivity contribution in [2.75, 3.05) is 25.7 Å². The number of methoxy groups -OCH3 is 1. The molecule has 0 aliphatic rings. The molecule has 0 saturated heterocycles. The third-order valence-electron chi connectivity index (χ3n) is 2.41. The number of ketones is 1. The van der Waals surface area contributed by atoms with E-state index in [0.717, 1.165) is 8.66 Å². The minimum Gasteiger partial charge on any atom is -0.468 e. The van der Waals surface area contributed by atoms with E-state index in [1.54, 1.807) is 17.8 Å². The first kappa shape index (κ1) is 16.7. The number of rotatable bonds is 8. The van der Waals surface area contributed by atoms with Crippen molar-refractivity contribution in [1.29, 1.82) is 0 Å². The molecule has 0 aliphatic carbocycles. The largest absolute Gasteiger partial charge is 0.468 e. The number of hydrogen-bond acceptors (Lipinski definition) is 6. The zero-order valence-corrected chi connectivity index (χ0v) is 14.0. The molecule has 1 unspecified atom stereocenters. The molecule has 0 amide bonds. The molecule has 0 aliphatic heterocycles. The standard InChI is InChI=1S/C12H16BrNO3S2/c1-17-12(16)8(7-18-2)14-6-5-9(15)10-3-4-11(13)19-10/h3-4,8,14H,5-7H2,1-2H3. The first-order valence-electron chi connectivity index (χ1n) is 5.67. The lowest BCUT2D eigenvalue weighted by Gasteiger charge is -2.14.